The van der Waals surface area contributed by atoms with E-state index in [0.717, 1.165) is 69.1 Å². The van der Waals surface area contributed by atoms with Gasteiger partial charge in [-0.25, -0.2) is 0 Å². The minimum atomic E-state index is -2.39. The van der Waals surface area contributed by atoms with Gasteiger partial charge in [0.2, 0.25) is 0 Å². The zero-order valence-corrected chi connectivity index (χ0v) is 24.6. The molecule has 0 aromatic heterocycles. The van der Waals surface area contributed by atoms with Gasteiger partial charge in [-0.3, -0.25) is 0 Å². The van der Waals surface area contributed by atoms with Crippen LogP contribution in [0.1, 0.15) is 85.5 Å². The SMILES string of the molecule is CCC[CH2][SnH]([CH2]CCC)[O]C(=O)CC(O)C(=O)[O][SnH]([CH2]CCC)[CH2]CCC. The molecule has 27 heavy (non-hydrogen) atoms. The standard InChI is InChI=1S/C4H6O5.4C4H9.2Sn.2H/c5-2(4(8)9)1-3(6)7;4*1-3-4-2;;;;/h2,5H,1H2,(H,6,7)(H,8,9);4*1,3-4H2,2H3;;;;/q;;;;;2*+1;;/p-2. The van der Waals surface area contributed by atoms with Crippen LogP contribution in [-0.4, -0.2) is 63.5 Å². The molecule has 7 heteroatoms. The Morgan fingerprint density at radius 2 is 1.11 bits per heavy atom. The summed E-state index contributed by atoms with van der Waals surface area (Å²) in [5, 5.41) is 10.1. The third-order valence-electron chi connectivity index (χ3n) is 4.73. The Kier molecular flexibility index (Phi) is 18.9. The predicted octanol–water partition coefficient (Wildman–Crippen LogP) is 4.47. The molecule has 0 aliphatic heterocycles. The number of aliphatic hydroxyl groups is 1. The van der Waals surface area contributed by atoms with E-state index in [9.17, 15) is 14.7 Å². The molecule has 0 saturated carbocycles. The first-order valence-corrected chi connectivity index (χ1v) is 23.1. The summed E-state index contributed by atoms with van der Waals surface area (Å²) < 4.78 is 15.6. The maximum absolute atomic E-state index is 12.2. The first-order valence-electron chi connectivity index (χ1n) is 11.1. The van der Waals surface area contributed by atoms with Gasteiger partial charge in [-0.2, -0.15) is 0 Å². The van der Waals surface area contributed by atoms with E-state index in [1.165, 1.54) is 0 Å². The Labute approximate surface area is 181 Å². The van der Waals surface area contributed by atoms with Crippen LogP contribution in [-0.2, 0) is 15.7 Å². The monoisotopic (exact) mass is 602 g/mol. The van der Waals surface area contributed by atoms with E-state index in [1.807, 2.05) is 0 Å². The molecule has 0 bridgehead atoms. The fourth-order valence-electron chi connectivity index (χ4n) is 2.97. The van der Waals surface area contributed by atoms with Crippen LogP contribution in [0.4, 0.5) is 0 Å². The van der Waals surface area contributed by atoms with E-state index in [2.05, 4.69) is 27.7 Å². The van der Waals surface area contributed by atoms with Crippen molar-refractivity contribution < 1.29 is 20.8 Å². The van der Waals surface area contributed by atoms with Gasteiger partial charge in [-0.15, -0.1) is 0 Å². The van der Waals surface area contributed by atoms with Gasteiger partial charge in [0.25, 0.3) is 0 Å². The van der Waals surface area contributed by atoms with Crippen molar-refractivity contribution in [1.82, 2.24) is 0 Å². The molecule has 1 unspecified atom stereocenters. The van der Waals surface area contributed by atoms with Gasteiger partial charge < -0.3 is 0 Å². The fourth-order valence-corrected chi connectivity index (χ4v) is 18.5. The first-order chi connectivity index (χ1) is 13.0. The molecule has 160 valence electrons. The molecule has 0 aromatic carbocycles. The number of rotatable bonds is 17. The van der Waals surface area contributed by atoms with Crippen molar-refractivity contribution in [2.75, 3.05) is 0 Å². The van der Waals surface area contributed by atoms with Crippen molar-refractivity contribution in [3.8, 4) is 0 Å². The maximum atomic E-state index is 12.2. The van der Waals surface area contributed by atoms with Gasteiger partial charge in [0, 0.05) is 0 Å². The number of aliphatic hydroxyl groups excluding tert-OH is 1. The van der Waals surface area contributed by atoms with Crippen molar-refractivity contribution in [3.05, 3.63) is 0 Å². The van der Waals surface area contributed by atoms with Gasteiger partial charge >= 0.3 is 182 Å². The third-order valence-corrected chi connectivity index (χ3v) is 20.1. The Morgan fingerprint density at radius 3 is 1.48 bits per heavy atom. The van der Waals surface area contributed by atoms with Crippen LogP contribution in [0.25, 0.3) is 0 Å². The second-order valence-electron chi connectivity index (χ2n) is 7.46. The molecular weight excluding hydrogens is 558 g/mol. The van der Waals surface area contributed by atoms with Crippen LogP contribution in [0.15, 0.2) is 0 Å². The molecule has 0 aliphatic rings. The molecule has 1 atom stereocenters. The normalized spacial score (nSPS) is 12.4. The van der Waals surface area contributed by atoms with Crippen LogP contribution in [0.2, 0.25) is 17.7 Å². The molecule has 0 amide bonds. The van der Waals surface area contributed by atoms with Crippen molar-refractivity contribution in [1.29, 1.82) is 0 Å². The summed E-state index contributed by atoms with van der Waals surface area (Å²) >= 11 is -4.72. The number of unbranched alkanes of at least 4 members (excludes halogenated alkanes) is 4. The quantitative estimate of drug-likeness (QED) is 0.250. The van der Waals surface area contributed by atoms with E-state index >= 15 is 0 Å². The topological polar surface area (TPSA) is 72.8 Å². The Morgan fingerprint density at radius 1 is 0.741 bits per heavy atom. The molecule has 0 aromatic rings. The van der Waals surface area contributed by atoms with E-state index in [1.54, 1.807) is 0 Å². The number of carbonyl (C=O) groups is 2. The summed E-state index contributed by atoms with van der Waals surface area (Å²) in [4.78, 5) is 24.4. The molecule has 0 heterocycles. The minimum absolute atomic E-state index is 0.245. The molecule has 5 nitrogen and oxygen atoms in total. The summed E-state index contributed by atoms with van der Waals surface area (Å²) in [7, 11) is 0. The average molecular weight is 600 g/mol. The fraction of sp³-hybridized carbons (Fsp3) is 0.900. The molecular formula is C20H42O5Sn2. The summed E-state index contributed by atoms with van der Waals surface area (Å²) in [6, 6.07) is 0. The summed E-state index contributed by atoms with van der Waals surface area (Å²) in [6.45, 7) is 8.55. The van der Waals surface area contributed by atoms with Crippen LogP contribution >= 0.6 is 0 Å². The molecule has 0 aliphatic carbocycles. The van der Waals surface area contributed by atoms with Crippen molar-refractivity contribution in [3.63, 3.8) is 0 Å². The molecule has 0 rings (SSSR count). The van der Waals surface area contributed by atoms with Crippen LogP contribution in [0.3, 0.4) is 0 Å². The zero-order chi connectivity index (χ0) is 20.5. The number of carbonyl (C=O) groups excluding carboxylic acids is 2. The molecule has 0 fully saturated rings. The second kappa shape index (κ2) is 18.5. The van der Waals surface area contributed by atoms with Crippen molar-refractivity contribution >= 4 is 52.3 Å². The molecule has 0 saturated heterocycles. The molecule has 1 N–H and O–H groups in total. The van der Waals surface area contributed by atoms with Gasteiger partial charge in [-0.1, -0.05) is 0 Å². The molecule has 0 spiro atoms. The Hall–Kier alpha value is 0.497. The van der Waals surface area contributed by atoms with E-state index < -0.39 is 58.4 Å². The summed E-state index contributed by atoms with van der Waals surface area (Å²) in [5.41, 5.74) is 0. The van der Waals surface area contributed by atoms with Crippen LogP contribution in [0, 0.1) is 0 Å². The van der Waals surface area contributed by atoms with Gasteiger partial charge in [0.1, 0.15) is 0 Å². The summed E-state index contributed by atoms with van der Waals surface area (Å²) in [5.74, 6) is -0.991. The average Bonchev–Trinajstić information content (AvgIpc) is 2.65. The van der Waals surface area contributed by atoms with Gasteiger partial charge in [-0.05, 0) is 0 Å². The zero-order valence-electron chi connectivity index (χ0n) is 18.0. The predicted molar refractivity (Wildman–Crippen MR) is 116 cm³/mol. The van der Waals surface area contributed by atoms with E-state index in [-0.39, 0.29) is 6.42 Å². The molecule has 0 radical (unpaired) electrons. The third kappa shape index (κ3) is 15.1. The van der Waals surface area contributed by atoms with Crippen LogP contribution in [0.5, 0.6) is 0 Å². The van der Waals surface area contributed by atoms with E-state index in [0.29, 0.717) is 0 Å². The van der Waals surface area contributed by atoms with Crippen molar-refractivity contribution in [2.45, 2.75) is 109 Å². The van der Waals surface area contributed by atoms with Gasteiger partial charge in [0.05, 0.1) is 0 Å². The van der Waals surface area contributed by atoms with Crippen molar-refractivity contribution in [2.24, 2.45) is 0 Å². The van der Waals surface area contributed by atoms with E-state index in [4.69, 9.17) is 6.15 Å². The Balaban J connectivity index is 4.47. The van der Waals surface area contributed by atoms with Gasteiger partial charge in [0.15, 0.2) is 0 Å². The summed E-state index contributed by atoms with van der Waals surface area (Å²) in [6.07, 6.45) is 7.18. The number of hydrogen-bond donors (Lipinski definition) is 1. The first kappa shape index (κ1) is 27.5. The number of hydrogen-bond acceptors (Lipinski definition) is 5. The Bertz CT molecular complexity index is 377. The second-order valence-corrected chi connectivity index (χ2v) is 22.5. The van der Waals surface area contributed by atoms with Crippen LogP contribution < -0.4 is 0 Å².